The fourth-order valence-corrected chi connectivity index (χ4v) is 4.56. The van der Waals surface area contributed by atoms with Gasteiger partial charge in [-0.3, -0.25) is 9.59 Å². The molecule has 0 spiro atoms. The Hall–Kier alpha value is -2.65. The first-order valence-electron chi connectivity index (χ1n) is 11.7. The van der Waals surface area contributed by atoms with Gasteiger partial charge in [-0.15, -0.1) is 0 Å². The monoisotopic (exact) mass is 459 g/mol. The smallest absolute Gasteiger partial charge is 0.256 e. The molecule has 2 N–H and O–H groups in total. The summed E-state index contributed by atoms with van der Waals surface area (Å²) in [6, 6.07) is 1.66. The number of fused-ring (bicyclic) bond motifs is 1. The lowest BCUT2D eigenvalue weighted by Gasteiger charge is -2.35. The number of halogens is 1. The maximum absolute atomic E-state index is 15.5. The number of aromatic nitrogens is 1. The summed E-state index contributed by atoms with van der Waals surface area (Å²) in [6.45, 7) is 5.38. The standard InChI is InChI=1S/C24H34FN5O3/c1-15-13-29(11-9-26-15)21-19(25)12-17-20(23(21)33-4)30(16-6-7-16)14-18(22(17)31)24(32)27-8-5-10-28(2)3/h12,14-16,26H,5-11,13H2,1-4H3,(H,27,32). The first-order chi connectivity index (χ1) is 15.8. The number of pyridine rings is 1. The van der Waals surface area contributed by atoms with Crippen molar-refractivity contribution in [1.29, 1.82) is 0 Å². The largest absolute Gasteiger partial charge is 0.492 e. The number of benzene rings is 1. The zero-order chi connectivity index (χ0) is 23.7. The molecule has 4 rings (SSSR count). The molecule has 1 aromatic carbocycles. The number of methoxy groups -OCH3 is 1. The Bertz CT molecular complexity index is 1100. The van der Waals surface area contributed by atoms with Gasteiger partial charge in [0.1, 0.15) is 11.3 Å². The zero-order valence-electron chi connectivity index (χ0n) is 19.9. The summed E-state index contributed by atoms with van der Waals surface area (Å²) >= 11 is 0. The van der Waals surface area contributed by atoms with Crippen molar-refractivity contribution in [2.75, 3.05) is 58.8 Å². The number of nitrogens with zero attached hydrogens (tertiary/aromatic N) is 3. The number of ether oxygens (including phenoxy) is 1. The van der Waals surface area contributed by atoms with Crippen LogP contribution in [-0.4, -0.2) is 75.3 Å². The van der Waals surface area contributed by atoms with Crippen LogP contribution in [0.3, 0.4) is 0 Å². The lowest BCUT2D eigenvalue weighted by molar-refractivity contribution is 0.0950. The molecule has 1 unspecified atom stereocenters. The molecular formula is C24H34FN5O3. The molecule has 2 fully saturated rings. The molecule has 0 bridgehead atoms. The molecule has 1 saturated heterocycles. The molecule has 2 aromatic rings. The average molecular weight is 460 g/mol. The van der Waals surface area contributed by atoms with Crippen molar-refractivity contribution in [3.63, 3.8) is 0 Å². The highest BCUT2D eigenvalue weighted by atomic mass is 19.1. The molecule has 9 heteroatoms. The Labute approximate surface area is 193 Å². The summed E-state index contributed by atoms with van der Waals surface area (Å²) in [5.41, 5.74) is 0.526. The van der Waals surface area contributed by atoms with Crippen molar-refractivity contribution < 1.29 is 13.9 Å². The number of nitrogens with one attached hydrogen (secondary N) is 2. The molecule has 1 aromatic heterocycles. The Kier molecular flexibility index (Phi) is 6.90. The summed E-state index contributed by atoms with van der Waals surface area (Å²) in [7, 11) is 5.45. The van der Waals surface area contributed by atoms with Gasteiger partial charge in [0, 0.05) is 44.5 Å². The van der Waals surface area contributed by atoms with E-state index in [9.17, 15) is 9.59 Å². The van der Waals surface area contributed by atoms with Crippen LogP contribution in [0, 0.1) is 5.82 Å². The third-order valence-electron chi connectivity index (χ3n) is 6.34. The first kappa shape index (κ1) is 23.5. The SMILES string of the molecule is COc1c(N2CCNC(C)C2)c(F)cc2c(=O)c(C(=O)NCCCN(C)C)cn(C3CC3)c12. The summed E-state index contributed by atoms with van der Waals surface area (Å²) in [6.07, 6.45) is 4.30. The van der Waals surface area contributed by atoms with Crippen LogP contribution in [0.2, 0.25) is 0 Å². The van der Waals surface area contributed by atoms with E-state index in [1.54, 1.807) is 6.20 Å². The minimum Gasteiger partial charge on any atom is -0.492 e. The van der Waals surface area contributed by atoms with Gasteiger partial charge in [-0.1, -0.05) is 0 Å². The van der Waals surface area contributed by atoms with Crippen molar-refractivity contribution in [3.8, 4) is 5.75 Å². The number of hydrogen-bond donors (Lipinski definition) is 2. The number of amides is 1. The van der Waals surface area contributed by atoms with Gasteiger partial charge in [0.15, 0.2) is 11.6 Å². The molecule has 1 amide bonds. The third kappa shape index (κ3) is 4.84. The second-order valence-corrected chi connectivity index (χ2v) is 9.36. The van der Waals surface area contributed by atoms with E-state index >= 15 is 4.39 Å². The van der Waals surface area contributed by atoms with Crippen molar-refractivity contribution in [2.45, 2.75) is 38.3 Å². The van der Waals surface area contributed by atoms with Gasteiger partial charge >= 0.3 is 0 Å². The van der Waals surface area contributed by atoms with Crippen LogP contribution >= 0.6 is 0 Å². The van der Waals surface area contributed by atoms with Crippen LogP contribution in [0.1, 0.15) is 42.6 Å². The Morgan fingerprint density at radius 2 is 2.12 bits per heavy atom. The van der Waals surface area contributed by atoms with Gasteiger partial charge in [0.25, 0.3) is 5.91 Å². The Morgan fingerprint density at radius 1 is 1.36 bits per heavy atom. The van der Waals surface area contributed by atoms with Crippen molar-refractivity contribution >= 4 is 22.5 Å². The van der Waals surface area contributed by atoms with E-state index in [1.807, 2.05) is 28.5 Å². The minimum absolute atomic E-state index is 0.0456. The highest BCUT2D eigenvalue weighted by molar-refractivity contribution is 6.00. The first-order valence-corrected chi connectivity index (χ1v) is 11.7. The van der Waals surface area contributed by atoms with Crippen LogP contribution in [0.25, 0.3) is 10.9 Å². The molecular weight excluding hydrogens is 425 g/mol. The topological polar surface area (TPSA) is 78.8 Å². The lowest BCUT2D eigenvalue weighted by atomic mass is 10.1. The Morgan fingerprint density at radius 3 is 2.76 bits per heavy atom. The summed E-state index contributed by atoms with van der Waals surface area (Å²) in [5, 5.41) is 6.39. The molecule has 2 heterocycles. The second kappa shape index (κ2) is 9.69. The second-order valence-electron chi connectivity index (χ2n) is 9.36. The third-order valence-corrected chi connectivity index (χ3v) is 6.34. The number of anilines is 1. The predicted octanol–water partition coefficient (Wildman–Crippen LogP) is 1.96. The predicted molar refractivity (Wildman–Crippen MR) is 128 cm³/mol. The van der Waals surface area contributed by atoms with Crippen LogP contribution in [0.4, 0.5) is 10.1 Å². The molecule has 1 aliphatic heterocycles. The maximum Gasteiger partial charge on any atom is 0.256 e. The van der Waals surface area contributed by atoms with Gasteiger partial charge in [-0.2, -0.15) is 0 Å². The minimum atomic E-state index is -0.503. The summed E-state index contributed by atoms with van der Waals surface area (Å²) < 4.78 is 23.1. The zero-order valence-corrected chi connectivity index (χ0v) is 19.9. The van der Waals surface area contributed by atoms with E-state index in [1.165, 1.54) is 13.2 Å². The van der Waals surface area contributed by atoms with Crippen LogP contribution in [0.5, 0.6) is 5.75 Å². The summed E-state index contributed by atoms with van der Waals surface area (Å²) in [4.78, 5) is 30.2. The number of carbonyl (C=O) groups excluding carboxylic acids is 1. The van der Waals surface area contributed by atoms with Crippen molar-refractivity contribution in [3.05, 3.63) is 33.9 Å². The fourth-order valence-electron chi connectivity index (χ4n) is 4.56. The van der Waals surface area contributed by atoms with E-state index < -0.39 is 17.2 Å². The highest BCUT2D eigenvalue weighted by Gasteiger charge is 2.32. The lowest BCUT2D eigenvalue weighted by Crippen LogP contribution is -2.49. The number of hydrogen-bond acceptors (Lipinski definition) is 6. The van der Waals surface area contributed by atoms with Crippen molar-refractivity contribution in [1.82, 2.24) is 20.1 Å². The van der Waals surface area contributed by atoms with Crippen LogP contribution in [-0.2, 0) is 0 Å². The fraction of sp³-hybridized carbons (Fsp3) is 0.583. The van der Waals surface area contributed by atoms with Gasteiger partial charge in [0.2, 0.25) is 5.43 Å². The molecule has 2 aliphatic rings. The normalized spacial score (nSPS) is 18.7. The summed E-state index contributed by atoms with van der Waals surface area (Å²) in [5.74, 6) is -0.563. The van der Waals surface area contributed by atoms with E-state index in [4.69, 9.17) is 4.74 Å². The molecule has 33 heavy (non-hydrogen) atoms. The van der Waals surface area contributed by atoms with Crippen LogP contribution in [0.15, 0.2) is 17.1 Å². The molecule has 180 valence electrons. The highest BCUT2D eigenvalue weighted by Crippen LogP contribution is 2.43. The number of piperazine rings is 1. The van der Waals surface area contributed by atoms with Crippen LogP contribution < -0.4 is 25.7 Å². The van der Waals surface area contributed by atoms with E-state index in [2.05, 4.69) is 17.6 Å². The number of rotatable bonds is 8. The molecule has 1 saturated carbocycles. The average Bonchev–Trinajstić information content (AvgIpc) is 3.61. The quantitative estimate of drug-likeness (QED) is 0.588. The van der Waals surface area contributed by atoms with Gasteiger partial charge in [0.05, 0.1) is 18.0 Å². The van der Waals surface area contributed by atoms with Gasteiger partial charge in [-0.05, 0) is 52.9 Å². The van der Waals surface area contributed by atoms with E-state index in [-0.39, 0.29) is 23.0 Å². The maximum atomic E-state index is 15.5. The molecule has 1 aliphatic carbocycles. The molecule has 8 nitrogen and oxygen atoms in total. The molecule has 1 atom stereocenters. The van der Waals surface area contributed by atoms with Gasteiger partial charge < -0.3 is 29.7 Å². The van der Waals surface area contributed by atoms with Crippen molar-refractivity contribution in [2.24, 2.45) is 0 Å². The Balaban J connectivity index is 1.79. The number of carbonyl (C=O) groups is 1. The van der Waals surface area contributed by atoms with E-state index in [0.717, 1.165) is 32.4 Å². The van der Waals surface area contributed by atoms with Gasteiger partial charge in [-0.25, -0.2) is 4.39 Å². The van der Waals surface area contributed by atoms with E-state index in [0.29, 0.717) is 36.6 Å². The molecule has 0 radical (unpaired) electrons.